The molecule has 3 aromatic carbocycles. The van der Waals surface area contributed by atoms with E-state index in [1.807, 2.05) is 36.4 Å². The third kappa shape index (κ3) is 4.48. The monoisotopic (exact) mass is 430 g/mol. The lowest BCUT2D eigenvalue weighted by Crippen LogP contribution is -2.41. The summed E-state index contributed by atoms with van der Waals surface area (Å²) in [5.41, 5.74) is 5.56. The second-order valence-electron chi connectivity index (χ2n) is 8.00. The Morgan fingerprint density at radius 1 is 1.00 bits per heavy atom. The number of nitrogens with one attached hydrogen (secondary N) is 1. The fraction of sp³-hybridized carbons (Fsp3) is 0.296. The molecule has 1 amide bonds. The van der Waals surface area contributed by atoms with Gasteiger partial charge in [0.25, 0.3) is 0 Å². The molecule has 0 aliphatic carbocycles. The highest BCUT2D eigenvalue weighted by Gasteiger charge is 2.31. The van der Waals surface area contributed by atoms with Crippen LogP contribution < -0.4 is 14.8 Å². The van der Waals surface area contributed by atoms with Crippen molar-refractivity contribution in [1.29, 1.82) is 0 Å². The Morgan fingerprint density at radius 2 is 1.69 bits per heavy atom. The lowest BCUT2D eigenvalue weighted by molar-refractivity contribution is -0.117. The zero-order valence-electron chi connectivity index (χ0n) is 18.9. The van der Waals surface area contributed by atoms with Gasteiger partial charge >= 0.3 is 0 Å². The van der Waals surface area contributed by atoms with Crippen LogP contribution in [-0.4, -0.2) is 38.1 Å². The SMILES string of the molecule is CCc1ccccc1NC(=O)CN1CCc2cc(OC)c(OC)cc2C1c1ccccc1. The van der Waals surface area contributed by atoms with Gasteiger partial charge in [-0.2, -0.15) is 0 Å². The first kappa shape index (κ1) is 21.9. The van der Waals surface area contributed by atoms with E-state index >= 15 is 0 Å². The van der Waals surface area contributed by atoms with Crippen molar-refractivity contribution >= 4 is 11.6 Å². The Bertz CT molecular complexity index is 1080. The van der Waals surface area contributed by atoms with Crippen LogP contribution in [0.1, 0.15) is 35.2 Å². The first-order valence-electron chi connectivity index (χ1n) is 11.1. The standard InChI is InChI=1S/C27H30N2O3/c1-4-19-10-8-9-13-23(19)28-26(30)18-29-15-14-21-16-24(31-2)25(32-3)17-22(21)27(29)20-11-6-5-7-12-20/h5-13,16-17,27H,4,14-15,18H2,1-3H3,(H,28,30). The number of fused-ring (bicyclic) bond motifs is 1. The summed E-state index contributed by atoms with van der Waals surface area (Å²) in [6.07, 6.45) is 1.72. The predicted molar refractivity (Wildman–Crippen MR) is 128 cm³/mol. The van der Waals surface area contributed by atoms with Crippen LogP contribution in [0.25, 0.3) is 0 Å². The van der Waals surface area contributed by atoms with E-state index in [0.29, 0.717) is 12.3 Å². The molecule has 5 heteroatoms. The summed E-state index contributed by atoms with van der Waals surface area (Å²) < 4.78 is 11.1. The number of carbonyl (C=O) groups is 1. The zero-order valence-corrected chi connectivity index (χ0v) is 18.9. The van der Waals surface area contributed by atoms with Gasteiger partial charge in [0.15, 0.2) is 11.5 Å². The number of aryl methyl sites for hydroxylation is 1. The zero-order chi connectivity index (χ0) is 22.5. The molecule has 1 heterocycles. The molecular weight excluding hydrogens is 400 g/mol. The average Bonchev–Trinajstić information content (AvgIpc) is 2.83. The van der Waals surface area contributed by atoms with Crippen LogP contribution in [0.2, 0.25) is 0 Å². The molecule has 0 radical (unpaired) electrons. The van der Waals surface area contributed by atoms with E-state index in [4.69, 9.17) is 9.47 Å². The van der Waals surface area contributed by atoms with Crippen molar-refractivity contribution in [3.63, 3.8) is 0 Å². The highest BCUT2D eigenvalue weighted by molar-refractivity contribution is 5.93. The number of amides is 1. The van der Waals surface area contributed by atoms with Crippen LogP contribution in [0.15, 0.2) is 66.7 Å². The molecular formula is C27H30N2O3. The van der Waals surface area contributed by atoms with Gasteiger partial charge < -0.3 is 14.8 Å². The number of hydrogen-bond acceptors (Lipinski definition) is 4. The second-order valence-corrected chi connectivity index (χ2v) is 8.00. The largest absolute Gasteiger partial charge is 0.493 e. The molecule has 5 nitrogen and oxygen atoms in total. The number of anilines is 1. The second kappa shape index (κ2) is 9.88. The summed E-state index contributed by atoms with van der Waals surface area (Å²) in [4.78, 5) is 15.3. The molecule has 1 N–H and O–H groups in total. The van der Waals surface area contributed by atoms with Gasteiger partial charge in [-0.1, -0.05) is 55.5 Å². The van der Waals surface area contributed by atoms with Crippen LogP contribution in [0.4, 0.5) is 5.69 Å². The Morgan fingerprint density at radius 3 is 2.41 bits per heavy atom. The van der Waals surface area contributed by atoms with Gasteiger partial charge in [-0.25, -0.2) is 0 Å². The number of carbonyl (C=O) groups excluding carboxylic acids is 1. The minimum absolute atomic E-state index is 0.00393. The Labute approximate surface area is 190 Å². The normalized spacial score (nSPS) is 15.7. The Kier molecular flexibility index (Phi) is 6.76. The number of nitrogens with zero attached hydrogens (tertiary/aromatic N) is 1. The number of hydrogen-bond donors (Lipinski definition) is 1. The molecule has 0 saturated heterocycles. The molecule has 0 fully saturated rings. The van der Waals surface area contributed by atoms with Crippen molar-refractivity contribution in [1.82, 2.24) is 4.90 Å². The Hall–Kier alpha value is -3.31. The summed E-state index contributed by atoms with van der Waals surface area (Å²) in [6.45, 7) is 3.19. The van der Waals surface area contributed by atoms with Crippen molar-refractivity contribution in [2.24, 2.45) is 0 Å². The van der Waals surface area contributed by atoms with E-state index in [2.05, 4.69) is 47.5 Å². The molecule has 1 aliphatic heterocycles. The molecule has 1 unspecified atom stereocenters. The predicted octanol–water partition coefficient (Wildman–Crippen LogP) is 4.85. The van der Waals surface area contributed by atoms with Crippen LogP contribution >= 0.6 is 0 Å². The van der Waals surface area contributed by atoms with Crippen LogP contribution in [0, 0.1) is 0 Å². The van der Waals surface area contributed by atoms with Gasteiger partial charge in [0.05, 0.1) is 26.8 Å². The minimum Gasteiger partial charge on any atom is -0.493 e. The summed E-state index contributed by atoms with van der Waals surface area (Å²) in [5.74, 6) is 1.44. The summed E-state index contributed by atoms with van der Waals surface area (Å²) in [5, 5.41) is 3.12. The molecule has 32 heavy (non-hydrogen) atoms. The molecule has 0 saturated carbocycles. The van der Waals surface area contributed by atoms with Gasteiger partial charge in [-0.3, -0.25) is 9.69 Å². The van der Waals surface area contributed by atoms with Gasteiger partial charge in [-0.15, -0.1) is 0 Å². The third-order valence-corrected chi connectivity index (χ3v) is 6.11. The first-order chi connectivity index (χ1) is 15.6. The van der Waals surface area contributed by atoms with Gasteiger partial charge in [0.1, 0.15) is 0 Å². The first-order valence-corrected chi connectivity index (χ1v) is 11.1. The lowest BCUT2D eigenvalue weighted by atomic mass is 9.87. The molecule has 0 spiro atoms. The van der Waals surface area contributed by atoms with Crippen molar-refractivity contribution in [2.75, 3.05) is 32.6 Å². The number of benzene rings is 3. The average molecular weight is 431 g/mol. The van der Waals surface area contributed by atoms with Crippen molar-refractivity contribution in [3.8, 4) is 11.5 Å². The summed E-state index contributed by atoms with van der Waals surface area (Å²) >= 11 is 0. The molecule has 3 aromatic rings. The fourth-order valence-corrected chi connectivity index (χ4v) is 4.52. The van der Waals surface area contributed by atoms with E-state index in [9.17, 15) is 4.79 Å². The maximum Gasteiger partial charge on any atom is 0.238 e. The van der Waals surface area contributed by atoms with E-state index in [1.54, 1.807) is 14.2 Å². The van der Waals surface area contributed by atoms with E-state index < -0.39 is 0 Å². The van der Waals surface area contributed by atoms with E-state index in [1.165, 1.54) is 5.56 Å². The molecule has 0 aromatic heterocycles. The van der Waals surface area contributed by atoms with Gasteiger partial charge in [-0.05, 0) is 53.3 Å². The van der Waals surface area contributed by atoms with Gasteiger partial charge in [0, 0.05) is 12.2 Å². The van der Waals surface area contributed by atoms with Crippen molar-refractivity contribution in [2.45, 2.75) is 25.8 Å². The molecule has 166 valence electrons. The number of para-hydroxylation sites is 1. The smallest absolute Gasteiger partial charge is 0.238 e. The van der Waals surface area contributed by atoms with Crippen molar-refractivity contribution in [3.05, 3.63) is 89.0 Å². The summed E-state index contributed by atoms with van der Waals surface area (Å²) in [6, 6.07) is 22.4. The van der Waals surface area contributed by atoms with Crippen LogP contribution in [0.5, 0.6) is 11.5 Å². The lowest BCUT2D eigenvalue weighted by Gasteiger charge is -2.37. The van der Waals surface area contributed by atoms with E-state index in [-0.39, 0.29) is 11.9 Å². The van der Waals surface area contributed by atoms with Crippen LogP contribution in [0.3, 0.4) is 0 Å². The quantitative estimate of drug-likeness (QED) is 0.582. The molecule has 1 atom stereocenters. The number of rotatable bonds is 7. The van der Waals surface area contributed by atoms with Crippen molar-refractivity contribution < 1.29 is 14.3 Å². The Balaban J connectivity index is 1.65. The number of methoxy groups -OCH3 is 2. The maximum atomic E-state index is 13.1. The number of ether oxygens (including phenoxy) is 2. The fourth-order valence-electron chi connectivity index (χ4n) is 4.52. The summed E-state index contributed by atoms with van der Waals surface area (Å²) in [7, 11) is 3.31. The maximum absolute atomic E-state index is 13.1. The molecule has 1 aliphatic rings. The highest BCUT2D eigenvalue weighted by Crippen LogP contribution is 2.40. The van der Waals surface area contributed by atoms with Gasteiger partial charge in [0.2, 0.25) is 5.91 Å². The molecule has 0 bridgehead atoms. The third-order valence-electron chi connectivity index (χ3n) is 6.11. The minimum atomic E-state index is -0.0353. The highest BCUT2D eigenvalue weighted by atomic mass is 16.5. The molecule has 4 rings (SSSR count). The van der Waals surface area contributed by atoms with Crippen LogP contribution in [-0.2, 0) is 17.6 Å². The van der Waals surface area contributed by atoms with E-state index in [0.717, 1.165) is 47.5 Å². The topological polar surface area (TPSA) is 50.8 Å².